The van der Waals surface area contributed by atoms with Crippen LogP contribution in [0.1, 0.15) is 11.1 Å². The highest BCUT2D eigenvalue weighted by Crippen LogP contribution is 2.30. The molecule has 0 spiro atoms. The number of carbonyl (C=O) groups excluding carboxylic acids is 1. The van der Waals surface area contributed by atoms with E-state index in [-0.39, 0.29) is 30.6 Å². The van der Waals surface area contributed by atoms with E-state index in [9.17, 15) is 13.6 Å². The van der Waals surface area contributed by atoms with Crippen molar-refractivity contribution in [1.29, 1.82) is 0 Å². The van der Waals surface area contributed by atoms with Gasteiger partial charge in [-0.05, 0) is 47.5 Å². The van der Waals surface area contributed by atoms with Crippen molar-refractivity contribution in [2.75, 3.05) is 75.4 Å². The smallest absolute Gasteiger partial charge is 0.171 e. The zero-order valence-electron chi connectivity index (χ0n) is 27.9. The van der Waals surface area contributed by atoms with Gasteiger partial charge in [0.2, 0.25) is 0 Å². The van der Waals surface area contributed by atoms with Gasteiger partial charge in [-0.15, -0.1) is 0 Å². The van der Waals surface area contributed by atoms with Crippen molar-refractivity contribution in [1.82, 2.24) is 9.80 Å². The number of ether oxygens (including phenoxy) is 2. The number of carbonyl (C=O) groups is 1. The topological polar surface area (TPSA) is 48.5 Å². The number of halogens is 4. The van der Waals surface area contributed by atoms with E-state index in [0.29, 0.717) is 75.6 Å². The summed E-state index contributed by atoms with van der Waals surface area (Å²) in [5, 5.41) is 0.739. The second kappa shape index (κ2) is 17.6. The number of rotatable bonds is 14. The second-order valence-electron chi connectivity index (χ2n) is 12.7. The molecule has 11 heteroatoms. The molecule has 264 valence electrons. The molecule has 0 aliphatic carbocycles. The van der Waals surface area contributed by atoms with Gasteiger partial charge in [-0.25, -0.2) is 8.78 Å². The van der Waals surface area contributed by atoms with Gasteiger partial charge in [0.25, 0.3) is 0 Å². The fourth-order valence-electron chi connectivity index (χ4n) is 6.71. The van der Waals surface area contributed by atoms with E-state index in [1.807, 2.05) is 60.7 Å². The zero-order chi connectivity index (χ0) is 34.9. The van der Waals surface area contributed by atoms with Gasteiger partial charge < -0.3 is 19.3 Å². The molecule has 2 heterocycles. The van der Waals surface area contributed by atoms with Crippen LogP contribution in [-0.4, -0.2) is 93.2 Å². The number of anilines is 2. The zero-order valence-corrected chi connectivity index (χ0v) is 29.4. The van der Waals surface area contributed by atoms with Gasteiger partial charge in [0.05, 0.1) is 59.9 Å². The van der Waals surface area contributed by atoms with Crippen molar-refractivity contribution in [3.63, 3.8) is 0 Å². The molecule has 6 rings (SSSR count). The van der Waals surface area contributed by atoms with Crippen LogP contribution in [0, 0.1) is 11.6 Å². The SMILES string of the molecule is O=C(C(COCc1ccccc1)N1CCN(c2ccc(F)cc2Cl)CC1)C(COCc1ccccc1)N1CCN(c2ccc(F)cc2Cl)CC1. The average molecular weight is 724 g/mol. The minimum Gasteiger partial charge on any atom is -0.375 e. The van der Waals surface area contributed by atoms with Crippen LogP contribution in [0.2, 0.25) is 10.0 Å². The summed E-state index contributed by atoms with van der Waals surface area (Å²) in [4.78, 5) is 23.5. The lowest BCUT2D eigenvalue weighted by molar-refractivity contribution is -0.135. The van der Waals surface area contributed by atoms with Crippen LogP contribution in [0.3, 0.4) is 0 Å². The molecular weight excluding hydrogens is 681 g/mol. The van der Waals surface area contributed by atoms with Gasteiger partial charge in [-0.1, -0.05) is 83.9 Å². The monoisotopic (exact) mass is 722 g/mol. The van der Waals surface area contributed by atoms with E-state index in [1.165, 1.54) is 24.3 Å². The molecule has 2 atom stereocenters. The standard InChI is InChI=1S/C39H42Cl2F2N4O3/c40-33-23-31(42)11-13-35(33)44-15-19-46(20-16-44)37(27-49-25-29-7-3-1-4-8-29)39(48)38(28-50-26-30-9-5-2-6-10-30)47-21-17-45(18-22-47)36-14-12-32(43)24-34(36)41/h1-14,23-24,37-38H,15-22,25-28H2. The molecule has 2 unspecified atom stereocenters. The number of ketones is 1. The number of hydrogen-bond donors (Lipinski definition) is 0. The first-order chi connectivity index (χ1) is 24.4. The van der Waals surface area contributed by atoms with Crippen LogP contribution in [0.5, 0.6) is 0 Å². The van der Waals surface area contributed by atoms with Crippen molar-refractivity contribution in [3.8, 4) is 0 Å². The minimum atomic E-state index is -0.514. The molecule has 0 radical (unpaired) electrons. The Bertz CT molecular complexity index is 1560. The number of nitrogens with zero attached hydrogens (tertiary/aromatic N) is 4. The number of Topliss-reactive ketones (excluding diaryl/α,β-unsaturated/α-hetero) is 1. The first-order valence-electron chi connectivity index (χ1n) is 17.0. The van der Waals surface area contributed by atoms with E-state index in [4.69, 9.17) is 32.7 Å². The average Bonchev–Trinajstić information content (AvgIpc) is 3.13. The first kappa shape index (κ1) is 36.2. The first-order valence-corrected chi connectivity index (χ1v) is 17.8. The van der Waals surface area contributed by atoms with Gasteiger partial charge >= 0.3 is 0 Å². The Morgan fingerprint density at radius 1 is 0.580 bits per heavy atom. The van der Waals surface area contributed by atoms with Crippen molar-refractivity contribution in [2.45, 2.75) is 25.3 Å². The summed E-state index contributed by atoms with van der Waals surface area (Å²) in [5.74, 6) is -0.700. The molecule has 2 aliphatic heterocycles. The Labute approximate surface area is 302 Å². The van der Waals surface area contributed by atoms with Crippen molar-refractivity contribution in [2.24, 2.45) is 0 Å². The fraction of sp³-hybridized carbons (Fsp3) is 0.359. The third-order valence-electron chi connectivity index (χ3n) is 9.44. The molecule has 4 aromatic rings. The van der Waals surface area contributed by atoms with E-state index in [2.05, 4.69) is 19.6 Å². The molecule has 0 saturated carbocycles. The number of benzene rings is 4. The van der Waals surface area contributed by atoms with Gasteiger partial charge in [-0.2, -0.15) is 0 Å². The summed E-state index contributed by atoms with van der Waals surface area (Å²) in [6.07, 6.45) is 0. The molecule has 0 aromatic heterocycles. The van der Waals surface area contributed by atoms with Gasteiger partial charge in [-0.3, -0.25) is 14.6 Å². The summed E-state index contributed by atoms with van der Waals surface area (Å²) in [6.45, 7) is 6.15. The second-order valence-corrected chi connectivity index (χ2v) is 13.5. The van der Waals surface area contributed by atoms with Crippen molar-refractivity contribution >= 4 is 40.4 Å². The van der Waals surface area contributed by atoms with Crippen LogP contribution in [-0.2, 0) is 27.5 Å². The molecule has 2 fully saturated rings. The van der Waals surface area contributed by atoms with Crippen molar-refractivity contribution in [3.05, 3.63) is 130 Å². The molecule has 0 amide bonds. The Morgan fingerprint density at radius 2 is 0.960 bits per heavy atom. The predicted molar refractivity (Wildman–Crippen MR) is 195 cm³/mol. The Balaban J connectivity index is 1.19. The lowest BCUT2D eigenvalue weighted by Crippen LogP contribution is -2.61. The molecule has 4 aromatic carbocycles. The van der Waals surface area contributed by atoms with Gasteiger partial charge in [0, 0.05) is 52.4 Å². The normalized spacial score (nSPS) is 17.1. The predicted octanol–water partition coefficient (Wildman–Crippen LogP) is 6.96. The van der Waals surface area contributed by atoms with E-state index in [0.717, 1.165) is 22.5 Å². The lowest BCUT2D eigenvalue weighted by atomic mass is 10.0. The lowest BCUT2D eigenvalue weighted by Gasteiger charge is -2.43. The van der Waals surface area contributed by atoms with Gasteiger partial charge in [0.1, 0.15) is 11.6 Å². The molecule has 2 saturated heterocycles. The van der Waals surface area contributed by atoms with E-state index >= 15 is 0 Å². The Morgan fingerprint density at radius 3 is 1.32 bits per heavy atom. The summed E-state index contributed by atoms with van der Waals surface area (Å²) in [5.41, 5.74) is 3.63. The van der Waals surface area contributed by atoms with Crippen LogP contribution in [0.4, 0.5) is 20.2 Å². The molecule has 7 nitrogen and oxygen atoms in total. The fourth-order valence-corrected chi connectivity index (χ4v) is 7.28. The van der Waals surface area contributed by atoms with Crippen LogP contribution in [0.25, 0.3) is 0 Å². The van der Waals surface area contributed by atoms with Gasteiger partial charge in [0.15, 0.2) is 5.78 Å². The van der Waals surface area contributed by atoms with Crippen LogP contribution in [0.15, 0.2) is 97.1 Å². The summed E-state index contributed by atoms with van der Waals surface area (Å²) in [7, 11) is 0. The molecule has 0 bridgehead atoms. The van der Waals surface area contributed by atoms with Crippen LogP contribution < -0.4 is 9.80 Å². The summed E-state index contributed by atoms with van der Waals surface area (Å²) >= 11 is 12.8. The maximum atomic E-state index is 14.8. The van der Waals surface area contributed by atoms with Crippen molar-refractivity contribution < 1.29 is 23.0 Å². The minimum absolute atomic E-state index is 0.0488. The Kier molecular flexibility index (Phi) is 12.7. The molecule has 0 N–H and O–H groups in total. The molecular formula is C39H42Cl2F2N4O3. The quantitative estimate of drug-likeness (QED) is 0.140. The van der Waals surface area contributed by atoms with E-state index < -0.39 is 12.1 Å². The number of piperazine rings is 2. The highest BCUT2D eigenvalue weighted by molar-refractivity contribution is 6.33. The maximum Gasteiger partial charge on any atom is 0.171 e. The van der Waals surface area contributed by atoms with Crippen LogP contribution >= 0.6 is 23.2 Å². The third-order valence-corrected chi connectivity index (χ3v) is 10.0. The Hall–Kier alpha value is -3.57. The highest BCUT2D eigenvalue weighted by Gasteiger charge is 2.38. The third kappa shape index (κ3) is 9.40. The number of hydrogen-bond acceptors (Lipinski definition) is 7. The maximum absolute atomic E-state index is 14.8. The highest BCUT2D eigenvalue weighted by atomic mass is 35.5. The summed E-state index contributed by atoms with van der Waals surface area (Å²) in [6, 6.07) is 27.7. The summed E-state index contributed by atoms with van der Waals surface area (Å²) < 4.78 is 40.0. The molecule has 50 heavy (non-hydrogen) atoms. The molecule has 2 aliphatic rings. The largest absolute Gasteiger partial charge is 0.375 e. The van der Waals surface area contributed by atoms with E-state index in [1.54, 1.807) is 12.1 Å².